The predicted molar refractivity (Wildman–Crippen MR) is 107 cm³/mol. The zero-order chi connectivity index (χ0) is 19.1. The van der Waals surface area contributed by atoms with Crippen LogP contribution < -0.4 is 10.1 Å². The molecule has 0 bridgehead atoms. The molecule has 0 spiro atoms. The summed E-state index contributed by atoms with van der Waals surface area (Å²) in [5, 5.41) is 12.2. The Labute approximate surface area is 159 Å². The van der Waals surface area contributed by atoms with Gasteiger partial charge in [-0.3, -0.25) is 0 Å². The first-order valence-electron chi connectivity index (χ1n) is 9.03. The molecule has 2 aromatic carbocycles. The lowest BCUT2D eigenvalue weighted by Gasteiger charge is -2.16. The Balaban J connectivity index is 1.98. The second kappa shape index (κ2) is 8.81. The zero-order valence-corrected chi connectivity index (χ0v) is 15.6. The van der Waals surface area contributed by atoms with E-state index in [1.165, 1.54) is 6.33 Å². The van der Waals surface area contributed by atoms with Crippen LogP contribution in [-0.2, 0) is 0 Å². The lowest BCUT2D eigenvalue weighted by atomic mass is 10.1. The third-order valence-corrected chi connectivity index (χ3v) is 4.12. The van der Waals surface area contributed by atoms with Crippen molar-refractivity contribution in [3.05, 3.63) is 66.0 Å². The first-order valence-corrected chi connectivity index (χ1v) is 9.03. The highest BCUT2D eigenvalue weighted by Gasteiger charge is 2.15. The molecule has 136 valence electrons. The van der Waals surface area contributed by atoms with Crippen LogP contribution in [0.4, 0.5) is 11.5 Å². The highest BCUT2D eigenvalue weighted by Crippen LogP contribution is 2.35. The van der Waals surface area contributed by atoms with Gasteiger partial charge in [-0.25, -0.2) is 9.97 Å². The van der Waals surface area contributed by atoms with E-state index < -0.39 is 0 Å². The SMILES string of the molecule is CCCCOc1c(Nc2ccc(C#N)cc2)ncnc1-c1cccc(C)c1. The van der Waals surface area contributed by atoms with E-state index in [1.807, 2.05) is 24.3 Å². The molecule has 5 nitrogen and oxygen atoms in total. The van der Waals surface area contributed by atoms with Gasteiger partial charge in [0.25, 0.3) is 0 Å². The van der Waals surface area contributed by atoms with Crippen LogP contribution in [0.5, 0.6) is 5.75 Å². The lowest BCUT2D eigenvalue weighted by molar-refractivity contribution is 0.310. The topological polar surface area (TPSA) is 70.8 Å². The molecule has 0 aliphatic heterocycles. The van der Waals surface area contributed by atoms with Crippen LogP contribution >= 0.6 is 0 Å². The first kappa shape index (κ1) is 18.4. The maximum atomic E-state index is 8.96. The Morgan fingerprint density at radius 2 is 1.93 bits per heavy atom. The monoisotopic (exact) mass is 358 g/mol. The van der Waals surface area contributed by atoms with Gasteiger partial charge in [0.15, 0.2) is 11.6 Å². The zero-order valence-electron chi connectivity index (χ0n) is 15.6. The Morgan fingerprint density at radius 1 is 1.11 bits per heavy atom. The lowest BCUT2D eigenvalue weighted by Crippen LogP contribution is -2.05. The fourth-order valence-corrected chi connectivity index (χ4v) is 2.68. The van der Waals surface area contributed by atoms with E-state index in [2.05, 4.69) is 47.3 Å². The van der Waals surface area contributed by atoms with Crippen LogP contribution in [0.3, 0.4) is 0 Å². The largest absolute Gasteiger partial charge is 0.488 e. The average Bonchev–Trinajstić information content (AvgIpc) is 2.69. The number of hydrogen-bond donors (Lipinski definition) is 1. The van der Waals surface area contributed by atoms with E-state index in [0.29, 0.717) is 23.7 Å². The number of nitrogens with one attached hydrogen (secondary N) is 1. The van der Waals surface area contributed by atoms with Gasteiger partial charge < -0.3 is 10.1 Å². The number of rotatable bonds is 7. The number of hydrogen-bond acceptors (Lipinski definition) is 5. The third kappa shape index (κ3) is 4.62. The van der Waals surface area contributed by atoms with Gasteiger partial charge in [0.05, 0.1) is 18.2 Å². The van der Waals surface area contributed by atoms with Crippen molar-refractivity contribution in [3.63, 3.8) is 0 Å². The van der Waals surface area contributed by atoms with Gasteiger partial charge in [-0.05, 0) is 43.7 Å². The first-order chi connectivity index (χ1) is 13.2. The van der Waals surface area contributed by atoms with E-state index in [4.69, 9.17) is 10.00 Å². The average molecular weight is 358 g/mol. The summed E-state index contributed by atoms with van der Waals surface area (Å²) < 4.78 is 6.08. The highest BCUT2D eigenvalue weighted by molar-refractivity contribution is 5.75. The quantitative estimate of drug-likeness (QED) is 0.584. The summed E-state index contributed by atoms with van der Waals surface area (Å²) in [6.07, 6.45) is 3.54. The van der Waals surface area contributed by atoms with E-state index in [1.54, 1.807) is 12.1 Å². The molecule has 1 aromatic heterocycles. The van der Waals surface area contributed by atoms with E-state index in [0.717, 1.165) is 35.3 Å². The summed E-state index contributed by atoms with van der Waals surface area (Å²) in [5.74, 6) is 1.25. The van der Waals surface area contributed by atoms with Crippen molar-refractivity contribution in [2.24, 2.45) is 0 Å². The Bertz CT molecular complexity index is 945. The van der Waals surface area contributed by atoms with Crippen LogP contribution in [0.2, 0.25) is 0 Å². The van der Waals surface area contributed by atoms with E-state index in [9.17, 15) is 0 Å². The summed E-state index contributed by atoms with van der Waals surface area (Å²) in [6, 6.07) is 17.5. The maximum absolute atomic E-state index is 8.96. The van der Waals surface area contributed by atoms with E-state index >= 15 is 0 Å². The predicted octanol–water partition coefficient (Wildman–Crippen LogP) is 5.25. The van der Waals surface area contributed by atoms with Crippen molar-refractivity contribution in [1.29, 1.82) is 5.26 Å². The molecular weight excluding hydrogens is 336 g/mol. The molecule has 0 aliphatic rings. The van der Waals surface area contributed by atoms with Gasteiger partial charge in [-0.15, -0.1) is 0 Å². The molecule has 0 fully saturated rings. The summed E-state index contributed by atoms with van der Waals surface area (Å²) in [7, 11) is 0. The second-order valence-corrected chi connectivity index (χ2v) is 6.29. The summed E-state index contributed by atoms with van der Waals surface area (Å²) in [5.41, 5.74) is 4.37. The normalized spacial score (nSPS) is 10.3. The number of ether oxygens (including phenoxy) is 1. The molecule has 0 atom stereocenters. The van der Waals surface area contributed by atoms with Gasteiger partial charge in [-0.1, -0.05) is 37.1 Å². The second-order valence-electron chi connectivity index (χ2n) is 6.29. The van der Waals surface area contributed by atoms with Crippen molar-refractivity contribution in [2.75, 3.05) is 11.9 Å². The summed E-state index contributed by atoms with van der Waals surface area (Å²) in [4.78, 5) is 8.87. The van der Waals surface area contributed by atoms with Crippen molar-refractivity contribution in [2.45, 2.75) is 26.7 Å². The molecule has 1 heterocycles. The number of nitriles is 1. The molecule has 0 saturated carbocycles. The van der Waals surface area contributed by atoms with Crippen molar-refractivity contribution < 1.29 is 4.74 Å². The molecule has 27 heavy (non-hydrogen) atoms. The minimum absolute atomic E-state index is 0.602. The van der Waals surface area contributed by atoms with E-state index in [-0.39, 0.29) is 0 Å². The number of unbranched alkanes of at least 4 members (excludes halogenated alkanes) is 1. The van der Waals surface area contributed by atoms with Crippen molar-refractivity contribution >= 4 is 11.5 Å². The van der Waals surface area contributed by atoms with Gasteiger partial charge in [0.1, 0.15) is 12.0 Å². The molecule has 0 aliphatic carbocycles. The minimum atomic E-state index is 0.602. The maximum Gasteiger partial charge on any atom is 0.188 e. The molecule has 3 rings (SSSR count). The minimum Gasteiger partial charge on any atom is -0.488 e. The van der Waals surface area contributed by atoms with Gasteiger partial charge in [0, 0.05) is 11.3 Å². The molecule has 0 amide bonds. The fourth-order valence-electron chi connectivity index (χ4n) is 2.68. The standard InChI is InChI=1S/C22H22N4O/c1-3-4-12-27-21-20(18-7-5-6-16(2)13-18)24-15-25-22(21)26-19-10-8-17(14-23)9-11-19/h5-11,13,15H,3-4,12H2,1-2H3,(H,24,25,26). The fraction of sp³-hybridized carbons (Fsp3) is 0.227. The van der Waals surface area contributed by atoms with Gasteiger partial charge >= 0.3 is 0 Å². The van der Waals surface area contributed by atoms with Crippen LogP contribution in [0.1, 0.15) is 30.9 Å². The molecule has 0 unspecified atom stereocenters. The highest BCUT2D eigenvalue weighted by atomic mass is 16.5. The number of aromatic nitrogens is 2. The van der Waals surface area contributed by atoms with Crippen LogP contribution in [0, 0.1) is 18.3 Å². The number of nitrogens with zero attached hydrogens (tertiary/aromatic N) is 3. The van der Waals surface area contributed by atoms with Gasteiger partial charge in [-0.2, -0.15) is 5.26 Å². The Kier molecular flexibility index (Phi) is 6.01. The molecule has 0 radical (unpaired) electrons. The molecule has 5 heteroatoms. The summed E-state index contributed by atoms with van der Waals surface area (Å²) >= 11 is 0. The molecule has 1 N–H and O–H groups in total. The number of anilines is 2. The number of aryl methyl sites for hydroxylation is 1. The Hall–Kier alpha value is -3.39. The molecular formula is C22H22N4O. The van der Waals surface area contributed by atoms with Crippen molar-refractivity contribution in [1.82, 2.24) is 9.97 Å². The molecule has 3 aromatic rings. The molecule has 0 saturated heterocycles. The van der Waals surface area contributed by atoms with Crippen LogP contribution in [-0.4, -0.2) is 16.6 Å². The van der Waals surface area contributed by atoms with Crippen LogP contribution in [0.15, 0.2) is 54.9 Å². The summed E-state index contributed by atoms with van der Waals surface area (Å²) in [6.45, 7) is 4.78. The smallest absolute Gasteiger partial charge is 0.188 e. The van der Waals surface area contributed by atoms with Crippen LogP contribution in [0.25, 0.3) is 11.3 Å². The third-order valence-electron chi connectivity index (χ3n) is 4.12. The van der Waals surface area contributed by atoms with Gasteiger partial charge in [0.2, 0.25) is 0 Å². The van der Waals surface area contributed by atoms with Crippen molar-refractivity contribution in [3.8, 4) is 23.1 Å². The number of benzene rings is 2. The Morgan fingerprint density at radius 3 is 2.63 bits per heavy atom.